The number of piperidine rings is 1. The average Bonchev–Trinajstić information content (AvgIpc) is 2.46. The lowest BCUT2D eigenvalue weighted by atomic mass is 9.92. The molecule has 1 amide bonds. The molecule has 2 N–H and O–H groups in total. The zero-order valence-corrected chi connectivity index (χ0v) is 13.8. The molecule has 21 heavy (non-hydrogen) atoms. The summed E-state index contributed by atoms with van der Waals surface area (Å²) in [5.41, 5.74) is 1.34. The lowest BCUT2D eigenvalue weighted by Crippen LogP contribution is -2.44. The summed E-state index contributed by atoms with van der Waals surface area (Å²) in [6.07, 6.45) is 3.93. The van der Waals surface area contributed by atoms with E-state index < -0.39 is 0 Å². The van der Waals surface area contributed by atoms with Crippen molar-refractivity contribution in [1.82, 2.24) is 10.6 Å². The summed E-state index contributed by atoms with van der Waals surface area (Å²) >= 11 is 0. The first-order valence-electron chi connectivity index (χ1n) is 7.73. The van der Waals surface area contributed by atoms with Crippen molar-refractivity contribution in [3.05, 3.63) is 35.9 Å². The van der Waals surface area contributed by atoms with Gasteiger partial charge in [0.2, 0.25) is 5.91 Å². The standard InChI is InChI=1S/C17H26N2O.ClH/c1-13(8-9-15-6-4-3-5-7-15)19-17(20)16-10-11-18-14(2)12-16;/h3-7,13-14,16,18H,8-12H2,1-2H3,(H,19,20);1H/t13?,14-,16-;/m0./s1. The molecule has 1 aromatic rings. The Labute approximate surface area is 134 Å². The van der Waals surface area contributed by atoms with Crippen molar-refractivity contribution in [2.24, 2.45) is 5.92 Å². The second kappa shape index (κ2) is 9.06. The van der Waals surface area contributed by atoms with Gasteiger partial charge in [-0.05, 0) is 51.6 Å². The van der Waals surface area contributed by atoms with Crippen LogP contribution in [0.2, 0.25) is 0 Å². The van der Waals surface area contributed by atoms with Crippen molar-refractivity contribution >= 4 is 18.3 Å². The van der Waals surface area contributed by atoms with Crippen LogP contribution in [0.15, 0.2) is 30.3 Å². The van der Waals surface area contributed by atoms with Gasteiger partial charge in [-0.3, -0.25) is 4.79 Å². The predicted octanol–water partition coefficient (Wildman–Crippen LogP) is 2.93. The number of aryl methyl sites for hydroxylation is 1. The van der Waals surface area contributed by atoms with Gasteiger partial charge >= 0.3 is 0 Å². The van der Waals surface area contributed by atoms with Crippen LogP contribution in [0.1, 0.15) is 38.7 Å². The molecule has 118 valence electrons. The van der Waals surface area contributed by atoms with Crippen molar-refractivity contribution in [3.8, 4) is 0 Å². The molecule has 0 spiro atoms. The minimum atomic E-state index is 0. The Bertz CT molecular complexity index is 424. The molecule has 0 aliphatic carbocycles. The number of amides is 1. The molecule has 1 aromatic carbocycles. The van der Waals surface area contributed by atoms with Crippen LogP contribution in [0.3, 0.4) is 0 Å². The average molecular weight is 311 g/mol. The third-order valence-corrected chi connectivity index (χ3v) is 4.09. The monoisotopic (exact) mass is 310 g/mol. The molecule has 1 aliphatic heterocycles. The van der Waals surface area contributed by atoms with E-state index in [1.54, 1.807) is 0 Å². The molecule has 4 heteroatoms. The molecule has 0 bridgehead atoms. The first-order valence-corrected chi connectivity index (χ1v) is 7.73. The molecule has 0 aromatic heterocycles. The highest BCUT2D eigenvalue weighted by molar-refractivity contribution is 5.85. The third-order valence-electron chi connectivity index (χ3n) is 4.09. The Balaban J connectivity index is 0.00000220. The van der Waals surface area contributed by atoms with Gasteiger partial charge in [0.1, 0.15) is 0 Å². The molecule has 0 saturated carbocycles. The van der Waals surface area contributed by atoms with Crippen LogP contribution in [0.4, 0.5) is 0 Å². The van der Waals surface area contributed by atoms with E-state index in [4.69, 9.17) is 0 Å². The molecule has 3 nitrogen and oxygen atoms in total. The summed E-state index contributed by atoms with van der Waals surface area (Å²) < 4.78 is 0. The maximum atomic E-state index is 12.2. The Morgan fingerprint density at radius 2 is 2.10 bits per heavy atom. The Hall–Kier alpha value is -1.06. The second-order valence-electron chi connectivity index (χ2n) is 6.01. The number of hydrogen-bond acceptors (Lipinski definition) is 2. The summed E-state index contributed by atoms with van der Waals surface area (Å²) in [6, 6.07) is 11.1. The fourth-order valence-electron chi connectivity index (χ4n) is 2.83. The van der Waals surface area contributed by atoms with Crippen molar-refractivity contribution in [2.75, 3.05) is 6.54 Å². The van der Waals surface area contributed by atoms with Crippen LogP contribution >= 0.6 is 12.4 Å². The summed E-state index contributed by atoms with van der Waals surface area (Å²) in [4.78, 5) is 12.2. The quantitative estimate of drug-likeness (QED) is 0.878. The summed E-state index contributed by atoms with van der Waals surface area (Å²) in [7, 11) is 0. The molecule has 1 aliphatic rings. The first kappa shape index (κ1) is 18.0. The van der Waals surface area contributed by atoms with Gasteiger partial charge in [0, 0.05) is 18.0 Å². The van der Waals surface area contributed by atoms with E-state index in [1.807, 2.05) is 6.07 Å². The van der Waals surface area contributed by atoms with Crippen LogP contribution < -0.4 is 10.6 Å². The lowest BCUT2D eigenvalue weighted by molar-refractivity contribution is -0.126. The number of nitrogens with one attached hydrogen (secondary N) is 2. The summed E-state index contributed by atoms with van der Waals surface area (Å²) in [5.74, 6) is 0.421. The Morgan fingerprint density at radius 3 is 2.76 bits per heavy atom. The number of carbonyl (C=O) groups is 1. The number of hydrogen-bond donors (Lipinski definition) is 2. The maximum absolute atomic E-state index is 12.2. The number of carbonyl (C=O) groups excluding carboxylic acids is 1. The van der Waals surface area contributed by atoms with Crippen LogP contribution in [0, 0.1) is 5.92 Å². The van der Waals surface area contributed by atoms with E-state index in [2.05, 4.69) is 48.7 Å². The minimum Gasteiger partial charge on any atom is -0.353 e. The van der Waals surface area contributed by atoms with E-state index in [0.29, 0.717) is 6.04 Å². The number of halogens is 1. The van der Waals surface area contributed by atoms with Crippen molar-refractivity contribution < 1.29 is 4.79 Å². The fourth-order valence-corrected chi connectivity index (χ4v) is 2.83. The van der Waals surface area contributed by atoms with E-state index >= 15 is 0 Å². The van der Waals surface area contributed by atoms with Gasteiger partial charge in [0.05, 0.1) is 0 Å². The lowest BCUT2D eigenvalue weighted by Gasteiger charge is -2.28. The number of benzene rings is 1. The minimum absolute atomic E-state index is 0. The largest absolute Gasteiger partial charge is 0.353 e. The van der Waals surface area contributed by atoms with Crippen LogP contribution in [-0.2, 0) is 11.2 Å². The van der Waals surface area contributed by atoms with E-state index in [1.165, 1.54) is 5.56 Å². The summed E-state index contributed by atoms with van der Waals surface area (Å²) in [6.45, 7) is 5.21. The predicted molar refractivity (Wildman–Crippen MR) is 89.8 cm³/mol. The second-order valence-corrected chi connectivity index (χ2v) is 6.01. The normalized spacial score (nSPS) is 23.0. The maximum Gasteiger partial charge on any atom is 0.223 e. The van der Waals surface area contributed by atoms with Gasteiger partial charge in [-0.2, -0.15) is 0 Å². The van der Waals surface area contributed by atoms with E-state index in [9.17, 15) is 4.79 Å². The molecule has 0 radical (unpaired) electrons. The van der Waals surface area contributed by atoms with Gasteiger partial charge < -0.3 is 10.6 Å². The molecule has 3 atom stereocenters. The first-order chi connectivity index (χ1) is 9.65. The molecule has 1 fully saturated rings. The van der Waals surface area contributed by atoms with Gasteiger partial charge in [-0.15, -0.1) is 12.4 Å². The third kappa shape index (κ3) is 6.06. The van der Waals surface area contributed by atoms with Crippen molar-refractivity contribution in [1.29, 1.82) is 0 Å². The van der Waals surface area contributed by atoms with Gasteiger partial charge in [0.25, 0.3) is 0 Å². The van der Waals surface area contributed by atoms with Crippen molar-refractivity contribution in [3.63, 3.8) is 0 Å². The highest BCUT2D eigenvalue weighted by atomic mass is 35.5. The van der Waals surface area contributed by atoms with Gasteiger partial charge in [-0.25, -0.2) is 0 Å². The Morgan fingerprint density at radius 1 is 1.38 bits per heavy atom. The highest BCUT2D eigenvalue weighted by Crippen LogP contribution is 2.16. The number of rotatable bonds is 5. The van der Waals surface area contributed by atoms with Gasteiger partial charge in [-0.1, -0.05) is 30.3 Å². The van der Waals surface area contributed by atoms with Crippen LogP contribution in [0.5, 0.6) is 0 Å². The smallest absolute Gasteiger partial charge is 0.223 e. The van der Waals surface area contributed by atoms with Gasteiger partial charge in [0.15, 0.2) is 0 Å². The van der Waals surface area contributed by atoms with E-state index in [-0.39, 0.29) is 30.3 Å². The fraction of sp³-hybridized carbons (Fsp3) is 0.588. The highest BCUT2D eigenvalue weighted by Gasteiger charge is 2.25. The zero-order valence-electron chi connectivity index (χ0n) is 13.0. The van der Waals surface area contributed by atoms with Crippen LogP contribution in [0.25, 0.3) is 0 Å². The van der Waals surface area contributed by atoms with Crippen molar-refractivity contribution in [2.45, 2.75) is 51.6 Å². The summed E-state index contributed by atoms with van der Waals surface area (Å²) in [5, 5.41) is 6.56. The van der Waals surface area contributed by atoms with E-state index in [0.717, 1.165) is 32.2 Å². The Kier molecular flexibility index (Phi) is 7.76. The molecule has 2 rings (SSSR count). The molecule has 1 heterocycles. The molecular formula is C17H27ClN2O. The SMILES string of the molecule is CC(CCc1ccccc1)NC(=O)[C@H]1CCN[C@@H](C)C1.Cl. The topological polar surface area (TPSA) is 41.1 Å². The zero-order chi connectivity index (χ0) is 14.4. The molecule has 1 saturated heterocycles. The molecular weight excluding hydrogens is 284 g/mol. The van der Waals surface area contributed by atoms with Crippen LogP contribution in [-0.4, -0.2) is 24.5 Å². The molecule has 1 unspecified atom stereocenters.